The van der Waals surface area contributed by atoms with Crippen molar-refractivity contribution >= 4 is 11.9 Å². The fraction of sp³-hybridized carbons (Fsp3) is 0.714. The normalized spacial score (nSPS) is 13.9. The molecule has 1 atom stereocenters. The molecule has 0 saturated carbocycles. The average Bonchev–Trinajstić information content (AvgIpc) is 2.84. The van der Waals surface area contributed by atoms with Crippen LogP contribution in [0.15, 0.2) is 4.52 Å². The minimum atomic E-state index is -1.00. The van der Waals surface area contributed by atoms with E-state index in [1.165, 1.54) is 7.11 Å². The van der Waals surface area contributed by atoms with E-state index in [9.17, 15) is 9.59 Å². The van der Waals surface area contributed by atoms with Gasteiger partial charge in [-0.3, -0.25) is 9.59 Å². The molecule has 1 heterocycles. The van der Waals surface area contributed by atoms with Crippen LogP contribution in [0.2, 0.25) is 0 Å². The zero-order chi connectivity index (χ0) is 16.8. The van der Waals surface area contributed by atoms with Crippen LogP contribution >= 0.6 is 0 Å². The van der Waals surface area contributed by atoms with E-state index in [-0.39, 0.29) is 31.3 Å². The fourth-order valence-corrected chi connectivity index (χ4v) is 2.01. The van der Waals surface area contributed by atoms with Gasteiger partial charge in [0, 0.05) is 25.9 Å². The molecule has 1 unspecified atom stereocenters. The Morgan fingerprint density at radius 3 is 2.64 bits per heavy atom. The second-order valence-corrected chi connectivity index (χ2v) is 5.81. The molecule has 0 aromatic carbocycles. The van der Waals surface area contributed by atoms with E-state index >= 15 is 0 Å². The number of carbonyl (C=O) groups excluding carboxylic acids is 1. The summed E-state index contributed by atoms with van der Waals surface area (Å²) in [5.41, 5.74) is -0.949. The first kappa shape index (κ1) is 18.1. The highest BCUT2D eigenvalue weighted by Gasteiger charge is 2.29. The summed E-state index contributed by atoms with van der Waals surface area (Å²) in [6.07, 6.45) is 0.227. The van der Waals surface area contributed by atoms with Gasteiger partial charge in [0.15, 0.2) is 5.82 Å². The van der Waals surface area contributed by atoms with Crippen LogP contribution in [0, 0.1) is 0 Å². The first-order chi connectivity index (χ1) is 10.3. The van der Waals surface area contributed by atoms with Crippen molar-refractivity contribution in [2.75, 3.05) is 13.7 Å². The van der Waals surface area contributed by atoms with Gasteiger partial charge in [0.1, 0.15) is 0 Å². The van der Waals surface area contributed by atoms with Gasteiger partial charge in [-0.15, -0.1) is 0 Å². The molecule has 1 amide bonds. The van der Waals surface area contributed by atoms with Gasteiger partial charge in [0.25, 0.3) is 0 Å². The zero-order valence-corrected chi connectivity index (χ0v) is 13.4. The first-order valence-corrected chi connectivity index (χ1v) is 7.10. The molecule has 0 saturated heterocycles. The molecule has 0 spiro atoms. The lowest BCUT2D eigenvalue weighted by Crippen LogP contribution is -2.50. The Morgan fingerprint density at radius 1 is 1.45 bits per heavy atom. The number of carbonyl (C=O) groups is 2. The highest BCUT2D eigenvalue weighted by molar-refractivity contribution is 5.78. The number of aromatic nitrogens is 2. The molecule has 0 radical (unpaired) electrons. The van der Waals surface area contributed by atoms with Gasteiger partial charge in [-0.05, 0) is 6.92 Å². The predicted octanol–water partition coefficient (Wildman–Crippen LogP) is 1.12. The van der Waals surface area contributed by atoms with Crippen LogP contribution in [0.1, 0.15) is 51.2 Å². The number of carboxylic acids is 1. The number of nitrogens with one attached hydrogen (secondary N) is 1. The first-order valence-electron chi connectivity index (χ1n) is 7.10. The molecule has 1 aromatic heterocycles. The number of carboxylic acid groups (broad SMARTS) is 1. The Labute approximate surface area is 129 Å². The van der Waals surface area contributed by atoms with Gasteiger partial charge in [0.05, 0.1) is 18.6 Å². The van der Waals surface area contributed by atoms with Crippen LogP contribution in [0.4, 0.5) is 0 Å². The second kappa shape index (κ2) is 7.88. The zero-order valence-electron chi connectivity index (χ0n) is 13.4. The third-order valence-corrected chi connectivity index (χ3v) is 3.01. The lowest BCUT2D eigenvalue weighted by atomic mass is 9.98. The third-order valence-electron chi connectivity index (χ3n) is 3.01. The number of amides is 1. The van der Waals surface area contributed by atoms with E-state index < -0.39 is 11.5 Å². The molecule has 0 bridgehead atoms. The van der Waals surface area contributed by atoms with Crippen LogP contribution in [-0.2, 0) is 20.7 Å². The molecule has 2 N–H and O–H groups in total. The molecule has 0 aliphatic rings. The maximum atomic E-state index is 12.0. The molecule has 0 fully saturated rings. The SMILES string of the molecule is COCC(C)(CC(=O)O)NC(=O)CCc1nc(C(C)C)no1. The number of aliphatic carboxylic acids is 1. The Balaban J connectivity index is 2.54. The third kappa shape index (κ3) is 5.80. The Bertz CT molecular complexity index is 514. The quantitative estimate of drug-likeness (QED) is 0.702. The summed E-state index contributed by atoms with van der Waals surface area (Å²) in [7, 11) is 1.46. The van der Waals surface area contributed by atoms with E-state index in [0.29, 0.717) is 18.1 Å². The van der Waals surface area contributed by atoms with Crippen molar-refractivity contribution < 1.29 is 24.0 Å². The largest absolute Gasteiger partial charge is 0.481 e. The van der Waals surface area contributed by atoms with Gasteiger partial charge in [-0.25, -0.2) is 0 Å². The van der Waals surface area contributed by atoms with E-state index in [4.69, 9.17) is 14.4 Å². The molecule has 0 aliphatic carbocycles. The molecule has 0 aliphatic heterocycles. The van der Waals surface area contributed by atoms with Crippen molar-refractivity contribution in [3.05, 3.63) is 11.7 Å². The summed E-state index contributed by atoms with van der Waals surface area (Å²) in [6.45, 7) is 5.64. The number of hydrogen-bond donors (Lipinski definition) is 2. The van der Waals surface area contributed by atoms with Crippen LogP contribution in [-0.4, -0.2) is 46.4 Å². The standard InChI is InChI=1S/C14H23N3O5/c1-9(2)13-15-11(22-17-13)6-5-10(18)16-14(3,8-21-4)7-12(19)20/h9H,5-8H2,1-4H3,(H,16,18)(H,19,20). The molecule has 8 heteroatoms. The van der Waals surface area contributed by atoms with Crippen molar-refractivity contribution in [1.82, 2.24) is 15.5 Å². The molecule has 8 nitrogen and oxygen atoms in total. The fourth-order valence-electron chi connectivity index (χ4n) is 2.01. The molecule has 1 aromatic rings. The lowest BCUT2D eigenvalue weighted by Gasteiger charge is -2.28. The van der Waals surface area contributed by atoms with Crippen molar-refractivity contribution in [2.45, 2.75) is 51.5 Å². The number of nitrogens with zero attached hydrogens (tertiary/aromatic N) is 2. The van der Waals surface area contributed by atoms with Gasteiger partial charge in [0.2, 0.25) is 11.8 Å². The van der Waals surface area contributed by atoms with E-state index in [0.717, 1.165) is 0 Å². The average molecular weight is 313 g/mol. The van der Waals surface area contributed by atoms with Gasteiger partial charge in [-0.2, -0.15) is 4.98 Å². The number of methoxy groups -OCH3 is 1. The maximum absolute atomic E-state index is 12.0. The number of ether oxygens (including phenoxy) is 1. The summed E-state index contributed by atoms with van der Waals surface area (Å²) in [5.74, 6) is -0.133. The van der Waals surface area contributed by atoms with Crippen molar-refractivity contribution in [2.24, 2.45) is 0 Å². The summed E-state index contributed by atoms with van der Waals surface area (Å²) >= 11 is 0. The number of hydrogen-bond acceptors (Lipinski definition) is 6. The second-order valence-electron chi connectivity index (χ2n) is 5.81. The van der Waals surface area contributed by atoms with Crippen molar-refractivity contribution in [3.63, 3.8) is 0 Å². The van der Waals surface area contributed by atoms with Crippen molar-refractivity contribution in [1.29, 1.82) is 0 Å². The monoisotopic (exact) mass is 313 g/mol. The summed E-state index contributed by atoms with van der Waals surface area (Å²) in [6, 6.07) is 0. The smallest absolute Gasteiger partial charge is 0.305 e. The van der Waals surface area contributed by atoms with Crippen LogP contribution in [0.3, 0.4) is 0 Å². The van der Waals surface area contributed by atoms with E-state index in [1.54, 1.807) is 6.92 Å². The highest BCUT2D eigenvalue weighted by Crippen LogP contribution is 2.13. The summed E-state index contributed by atoms with van der Waals surface area (Å²) in [5, 5.41) is 15.4. The van der Waals surface area contributed by atoms with Crippen LogP contribution in [0.5, 0.6) is 0 Å². The predicted molar refractivity (Wildman–Crippen MR) is 77.4 cm³/mol. The molecule has 1 rings (SSSR count). The molecule has 124 valence electrons. The minimum absolute atomic E-state index is 0.114. The Hall–Kier alpha value is -1.96. The van der Waals surface area contributed by atoms with Crippen molar-refractivity contribution in [3.8, 4) is 0 Å². The number of rotatable bonds is 9. The van der Waals surface area contributed by atoms with Gasteiger partial charge in [-0.1, -0.05) is 19.0 Å². The summed E-state index contributed by atoms with van der Waals surface area (Å²) < 4.78 is 10.0. The molecule has 22 heavy (non-hydrogen) atoms. The van der Waals surface area contributed by atoms with Crippen LogP contribution in [0.25, 0.3) is 0 Å². The molecular weight excluding hydrogens is 290 g/mol. The molecular formula is C14H23N3O5. The van der Waals surface area contributed by atoms with Gasteiger partial charge < -0.3 is 19.7 Å². The lowest BCUT2D eigenvalue weighted by molar-refractivity contribution is -0.139. The Morgan fingerprint density at radius 2 is 2.14 bits per heavy atom. The topological polar surface area (TPSA) is 115 Å². The number of aryl methyl sites for hydroxylation is 1. The maximum Gasteiger partial charge on any atom is 0.305 e. The van der Waals surface area contributed by atoms with E-state index in [2.05, 4.69) is 15.5 Å². The van der Waals surface area contributed by atoms with Gasteiger partial charge >= 0.3 is 5.97 Å². The highest BCUT2D eigenvalue weighted by atomic mass is 16.5. The Kier molecular flexibility index (Phi) is 6.48. The van der Waals surface area contributed by atoms with E-state index in [1.807, 2.05) is 13.8 Å². The minimum Gasteiger partial charge on any atom is -0.481 e. The summed E-state index contributed by atoms with van der Waals surface area (Å²) in [4.78, 5) is 27.0. The van der Waals surface area contributed by atoms with Crippen LogP contribution < -0.4 is 5.32 Å².